The first-order chi connectivity index (χ1) is 7.56. The van der Waals surface area contributed by atoms with Crippen LogP contribution >= 0.6 is 11.6 Å². The van der Waals surface area contributed by atoms with E-state index >= 15 is 0 Å². The van der Waals surface area contributed by atoms with Crippen molar-refractivity contribution in [3.05, 3.63) is 22.7 Å². The molecule has 1 fully saturated rings. The summed E-state index contributed by atoms with van der Waals surface area (Å²) in [6, 6.07) is 1.23. The molecule has 0 aliphatic carbocycles. The van der Waals surface area contributed by atoms with Crippen LogP contribution < -0.4 is 0 Å². The van der Waals surface area contributed by atoms with Crippen molar-refractivity contribution < 1.29 is 14.6 Å². The van der Waals surface area contributed by atoms with Crippen LogP contribution in [0.2, 0.25) is 5.15 Å². The minimum Gasteiger partial charge on any atom is -0.477 e. The number of carboxylic acids is 1. The Morgan fingerprint density at radius 1 is 1.56 bits per heavy atom. The van der Waals surface area contributed by atoms with Crippen LogP contribution in [0.5, 0.6) is 0 Å². The van der Waals surface area contributed by atoms with E-state index in [0.29, 0.717) is 5.82 Å². The molecule has 2 rings (SSSR count). The van der Waals surface area contributed by atoms with Crippen molar-refractivity contribution >= 4 is 17.6 Å². The molecule has 1 aromatic rings. The molecule has 2 heterocycles. The van der Waals surface area contributed by atoms with Crippen molar-refractivity contribution in [2.24, 2.45) is 0 Å². The molecule has 0 spiro atoms. The minimum absolute atomic E-state index is 0.0989. The number of aromatic carboxylic acids is 1. The van der Waals surface area contributed by atoms with Crippen LogP contribution in [0.3, 0.4) is 0 Å². The predicted molar refractivity (Wildman–Crippen MR) is 56.5 cm³/mol. The highest BCUT2D eigenvalue weighted by atomic mass is 35.5. The lowest BCUT2D eigenvalue weighted by atomic mass is 10.2. The molecule has 16 heavy (non-hydrogen) atoms. The molecule has 1 saturated heterocycles. The largest absolute Gasteiger partial charge is 0.477 e. The zero-order valence-electron chi connectivity index (χ0n) is 8.68. The maximum Gasteiger partial charge on any atom is 0.354 e. The maximum atomic E-state index is 10.8. The highest BCUT2D eigenvalue weighted by Crippen LogP contribution is 2.30. The van der Waals surface area contributed by atoms with Gasteiger partial charge in [0.2, 0.25) is 0 Å². The van der Waals surface area contributed by atoms with E-state index in [-0.39, 0.29) is 23.1 Å². The van der Waals surface area contributed by atoms with E-state index in [2.05, 4.69) is 9.97 Å². The molecule has 1 aliphatic rings. The number of nitrogens with zero attached hydrogens (tertiary/aromatic N) is 2. The fourth-order valence-electron chi connectivity index (χ4n) is 1.68. The van der Waals surface area contributed by atoms with Crippen LogP contribution in [0.15, 0.2) is 6.07 Å². The average molecular weight is 243 g/mol. The van der Waals surface area contributed by atoms with Crippen molar-refractivity contribution in [2.75, 3.05) is 0 Å². The van der Waals surface area contributed by atoms with Gasteiger partial charge in [-0.05, 0) is 19.8 Å². The van der Waals surface area contributed by atoms with Crippen LogP contribution in [0.1, 0.15) is 42.2 Å². The number of carbonyl (C=O) groups is 1. The number of halogens is 1. The molecule has 0 radical (unpaired) electrons. The molecule has 1 aromatic heterocycles. The second kappa shape index (κ2) is 4.35. The Morgan fingerprint density at radius 3 is 2.88 bits per heavy atom. The second-order valence-electron chi connectivity index (χ2n) is 3.75. The third kappa shape index (κ3) is 2.31. The van der Waals surface area contributed by atoms with E-state index < -0.39 is 5.97 Å². The van der Waals surface area contributed by atoms with Crippen molar-refractivity contribution in [3.8, 4) is 0 Å². The number of ether oxygens (including phenoxy) is 1. The first kappa shape index (κ1) is 11.3. The Balaban J connectivity index is 2.30. The molecule has 86 valence electrons. The Morgan fingerprint density at radius 2 is 2.31 bits per heavy atom. The molecule has 5 nitrogen and oxygen atoms in total. The Bertz CT molecular complexity index is 425. The summed E-state index contributed by atoms with van der Waals surface area (Å²) in [6.45, 7) is 1.96. The van der Waals surface area contributed by atoms with Gasteiger partial charge >= 0.3 is 5.97 Å². The highest BCUT2D eigenvalue weighted by Gasteiger charge is 2.26. The number of aromatic nitrogens is 2. The zero-order valence-corrected chi connectivity index (χ0v) is 9.44. The lowest BCUT2D eigenvalue weighted by molar-refractivity contribution is 0.0498. The Hall–Kier alpha value is -1.20. The van der Waals surface area contributed by atoms with E-state index in [4.69, 9.17) is 21.4 Å². The zero-order chi connectivity index (χ0) is 11.7. The monoisotopic (exact) mass is 242 g/mol. The molecule has 0 aromatic carbocycles. The first-order valence-corrected chi connectivity index (χ1v) is 5.37. The number of carboxylic acid groups (broad SMARTS) is 1. The second-order valence-corrected chi connectivity index (χ2v) is 4.14. The summed E-state index contributed by atoms with van der Waals surface area (Å²) in [7, 11) is 0. The van der Waals surface area contributed by atoms with Crippen molar-refractivity contribution in [1.82, 2.24) is 9.97 Å². The predicted octanol–water partition coefficient (Wildman–Crippen LogP) is 2.07. The van der Waals surface area contributed by atoms with Gasteiger partial charge in [-0.3, -0.25) is 0 Å². The summed E-state index contributed by atoms with van der Waals surface area (Å²) >= 11 is 5.74. The van der Waals surface area contributed by atoms with Gasteiger partial charge in [-0.2, -0.15) is 0 Å². The van der Waals surface area contributed by atoms with Gasteiger partial charge in [0.15, 0.2) is 11.5 Å². The normalized spacial score (nSPS) is 24.6. The maximum absolute atomic E-state index is 10.8. The van der Waals surface area contributed by atoms with Crippen LogP contribution in [0.25, 0.3) is 0 Å². The Kier molecular flexibility index (Phi) is 3.07. The lowest BCUT2D eigenvalue weighted by Gasteiger charge is -2.10. The molecule has 1 aliphatic heterocycles. The quantitative estimate of drug-likeness (QED) is 0.804. The van der Waals surface area contributed by atoms with E-state index in [0.717, 1.165) is 12.8 Å². The lowest BCUT2D eigenvalue weighted by Crippen LogP contribution is -2.10. The van der Waals surface area contributed by atoms with Gasteiger partial charge in [-0.15, -0.1) is 0 Å². The fraction of sp³-hybridized carbons (Fsp3) is 0.500. The van der Waals surface area contributed by atoms with Crippen LogP contribution in [-0.2, 0) is 4.74 Å². The molecule has 0 bridgehead atoms. The van der Waals surface area contributed by atoms with Crippen molar-refractivity contribution in [3.63, 3.8) is 0 Å². The van der Waals surface area contributed by atoms with Gasteiger partial charge in [-0.1, -0.05) is 11.6 Å². The summed E-state index contributed by atoms with van der Waals surface area (Å²) in [5.74, 6) is -0.758. The number of hydrogen-bond acceptors (Lipinski definition) is 4. The third-order valence-electron chi connectivity index (χ3n) is 2.45. The van der Waals surface area contributed by atoms with Gasteiger partial charge in [0.25, 0.3) is 0 Å². The molecule has 6 heteroatoms. The van der Waals surface area contributed by atoms with Crippen molar-refractivity contribution in [1.29, 1.82) is 0 Å². The summed E-state index contributed by atoms with van der Waals surface area (Å²) in [5.41, 5.74) is -0.0989. The number of rotatable bonds is 2. The minimum atomic E-state index is -1.11. The van der Waals surface area contributed by atoms with Crippen LogP contribution in [0.4, 0.5) is 0 Å². The SMILES string of the molecule is CC1CCC(c2nc(Cl)cc(C(=O)O)n2)O1. The van der Waals surface area contributed by atoms with Crippen molar-refractivity contribution in [2.45, 2.75) is 32.0 Å². The van der Waals surface area contributed by atoms with Gasteiger partial charge in [0.05, 0.1) is 6.10 Å². The van der Waals surface area contributed by atoms with E-state index in [1.54, 1.807) is 0 Å². The van der Waals surface area contributed by atoms with Crippen LogP contribution in [0, 0.1) is 0 Å². The van der Waals surface area contributed by atoms with Gasteiger partial charge in [0, 0.05) is 6.07 Å². The van der Waals surface area contributed by atoms with E-state index in [1.165, 1.54) is 6.07 Å². The summed E-state index contributed by atoms with van der Waals surface area (Å²) in [4.78, 5) is 18.7. The standard InChI is InChI=1S/C10H11ClN2O3/c1-5-2-3-7(16-5)9-12-6(10(14)15)4-8(11)13-9/h4-5,7H,2-3H2,1H3,(H,14,15). The molecular formula is C10H11ClN2O3. The molecule has 0 saturated carbocycles. The highest BCUT2D eigenvalue weighted by molar-refractivity contribution is 6.29. The molecule has 1 N–H and O–H groups in total. The van der Waals surface area contributed by atoms with Gasteiger partial charge < -0.3 is 9.84 Å². The average Bonchev–Trinajstić information content (AvgIpc) is 2.64. The fourth-order valence-corrected chi connectivity index (χ4v) is 1.87. The van der Waals surface area contributed by atoms with Gasteiger partial charge in [0.1, 0.15) is 11.3 Å². The summed E-state index contributed by atoms with van der Waals surface area (Å²) in [5, 5.41) is 8.97. The number of hydrogen-bond donors (Lipinski definition) is 1. The smallest absolute Gasteiger partial charge is 0.354 e. The van der Waals surface area contributed by atoms with Gasteiger partial charge in [-0.25, -0.2) is 14.8 Å². The molecule has 2 atom stereocenters. The van der Waals surface area contributed by atoms with Crippen LogP contribution in [-0.4, -0.2) is 27.1 Å². The Labute approximate surface area is 97.4 Å². The summed E-state index contributed by atoms with van der Waals surface area (Å²) < 4.78 is 5.56. The van der Waals surface area contributed by atoms with E-state index in [9.17, 15) is 4.79 Å². The molecule has 2 unspecified atom stereocenters. The van der Waals surface area contributed by atoms with E-state index in [1.807, 2.05) is 6.92 Å². The molecule has 0 amide bonds. The molecular weight excluding hydrogens is 232 g/mol. The topological polar surface area (TPSA) is 72.3 Å². The third-order valence-corrected chi connectivity index (χ3v) is 2.64. The first-order valence-electron chi connectivity index (χ1n) is 4.99. The summed E-state index contributed by atoms with van der Waals surface area (Å²) in [6.07, 6.45) is 1.62.